The number of hydrogen-bond donors (Lipinski definition) is 3. The molecule has 164 valence electrons. The van der Waals surface area contributed by atoms with Crippen molar-refractivity contribution in [1.29, 1.82) is 0 Å². The second-order valence-electron chi connectivity index (χ2n) is 8.20. The van der Waals surface area contributed by atoms with Gasteiger partial charge < -0.3 is 20.5 Å². The van der Waals surface area contributed by atoms with E-state index in [0.29, 0.717) is 61.6 Å². The van der Waals surface area contributed by atoms with Gasteiger partial charge in [0, 0.05) is 44.4 Å². The minimum absolute atomic E-state index is 0.131. The second-order valence-corrected chi connectivity index (χ2v) is 8.20. The van der Waals surface area contributed by atoms with E-state index in [4.69, 9.17) is 4.74 Å². The zero-order valence-corrected chi connectivity index (χ0v) is 17.8. The van der Waals surface area contributed by atoms with Crippen molar-refractivity contribution in [3.05, 3.63) is 42.5 Å². The quantitative estimate of drug-likeness (QED) is 0.533. The topological polar surface area (TPSA) is 114 Å². The Kier molecular flexibility index (Phi) is 6.15. The Labute approximate surface area is 180 Å². The number of pyridine rings is 1. The van der Waals surface area contributed by atoms with Gasteiger partial charge in [-0.05, 0) is 45.2 Å². The van der Waals surface area contributed by atoms with Gasteiger partial charge in [-0.1, -0.05) is 0 Å². The molecule has 3 N–H and O–H groups in total. The van der Waals surface area contributed by atoms with Gasteiger partial charge in [0.15, 0.2) is 5.65 Å². The fourth-order valence-electron chi connectivity index (χ4n) is 3.73. The van der Waals surface area contributed by atoms with Crippen LogP contribution in [0, 0.1) is 0 Å². The van der Waals surface area contributed by atoms with E-state index < -0.39 is 5.60 Å². The largest absolute Gasteiger partial charge is 0.390 e. The molecule has 0 saturated carbocycles. The van der Waals surface area contributed by atoms with Gasteiger partial charge in [0.05, 0.1) is 34.3 Å². The zero-order valence-electron chi connectivity index (χ0n) is 17.8. The van der Waals surface area contributed by atoms with Crippen LogP contribution in [-0.4, -0.2) is 62.0 Å². The van der Waals surface area contributed by atoms with Gasteiger partial charge in [0.2, 0.25) is 0 Å². The first-order chi connectivity index (χ1) is 15.0. The third kappa shape index (κ3) is 4.83. The highest BCUT2D eigenvalue weighted by Crippen LogP contribution is 2.27. The Morgan fingerprint density at radius 1 is 1.29 bits per heavy atom. The van der Waals surface area contributed by atoms with E-state index in [9.17, 15) is 9.90 Å². The smallest absolute Gasteiger partial charge is 0.254 e. The molecule has 0 atom stereocenters. The number of fused-ring (bicyclic) bond motifs is 1. The maximum absolute atomic E-state index is 12.9. The highest BCUT2D eigenvalue weighted by Gasteiger charge is 2.29. The van der Waals surface area contributed by atoms with Gasteiger partial charge in [-0.15, -0.1) is 0 Å². The number of aromatic nitrogens is 4. The molecule has 1 fully saturated rings. The van der Waals surface area contributed by atoms with Crippen LogP contribution >= 0.6 is 0 Å². The summed E-state index contributed by atoms with van der Waals surface area (Å²) in [5.74, 6) is -0.226. The normalized spacial score (nSPS) is 15.9. The standard InChI is InChI=1S/C22H28N6O3/c1-15(2)27-19-12-18(16-14-26-28-9-3-7-23-20(16)28)25-13-17(19)21(29)24-8-4-22(30)5-10-31-11-6-22/h3,7,9,12-15,30H,4-6,8,10-11H2,1-2H3,(H,24,29)(H,25,27). The van der Waals surface area contributed by atoms with Crippen LogP contribution in [0.25, 0.3) is 16.9 Å². The maximum atomic E-state index is 12.9. The number of ether oxygens (including phenoxy) is 1. The highest BCUT2D eigenvalue weighted by atomic mass is 16.5. The van der Waals surface area contributed by atoms with E-state index in [1.807, 2.05) is 32.2 Å². The van der Waals surface area contributed by atoms with Crippen LogP contribution in [0.5, 0.6) is 0 Å². The fourth-order valence-corrected chi connectivity index (χ4v) is 3.73. The predicted molar refractivity (Wildman–Crippen MR) is 117 cm³/mol. The molecule has 9 nitrogen and oxygen atoms in total. The van der Waals surface area contributed by atoms with Crippen molar-refractivity contribution in [3.8, 4) is 11.3 Å². The molecule has 0 aromatic carbocycles. The molecule has 3 aromatic rings. The summed E-state index contributed by atoms with van der Waals surface area (Å²) >= 11 is 0. The predicted octanol–water partition coefficient (Wildman–Crippen LogP) is 2.27. The Morgan fingerprint density at radius 3 is 2.87 bits per heavy atom. The number of nitrogens with one attached hydrogen (secondary N) is 2. The Balaban J connectivity index is 1.53. The van der Waals surface area contributed by atoms with Crippen molar-refractivity contribution in [2.24, 2.45) is 0 Å². The Morgan fingerprint density at radius 2 is 2.10 bits per heavy atom. The number of carbonyl (C=O) groups excluding carboxylic acids is 1. The number of amides is 1. The summed E-state index contributed by atoms with van der Waals surface area (Å²) in [5, 5.41) is 21.2. The highest BCUT2D eigenvalue weighted by molar-refractivity contribution is 6.00. The van der Waals surface area contributed by atoms with E-state index >= 15 is 0 Å². The molecule has 4 rings (SSSR count). The summed E-state index contributed by atoms with van der Waals surface area (Å²) in [6, 6.07) is 3.80. The van der Waals surface area contributed by atoms with E-state index in [1.54, 1.807) is 23.1 Å². The number of rotatable bonds is 7. The lowest BCUT2D eigenvalue weighted by Gasteiger charge is -2.32. The van der Waals surface area contributed by atoms with Crippen LogP contribution in [0.1, 0.15) is 43.5 Å². The third-order valence-electron chi connectivity index (χ3n) is 5.45. The molecule has 0 aliphatic carbocycles. The average Bonchev–Trinajstić information content (AvgIpc) is 3.18. The van der Waals surface area contributed by atoms with Crippen molar-refractivity contribution in [1.82, 2.24) is 24.9 Å². The first-order valence-corrected chi connectivity index (χ1v) is 10.6. The molecule has 31 heavy (non-hydrogen) atoms. The molecule has 0 spiro atoms. The van der Waals surface area contributed by atoms with Gasteiger partial charge >= 0.3 is 0 Å². The van der Waals surface area contributed by atoms with Crippen LogP contribution < -0.4 is 10.6 Å². The minimum atomic E-state index is -0.775. The van der Waals surface area contributed by atoms with Crippen LogP contribution in [0.4, 0.5) is 5.69 Å². The lowest BCUT2D eigenvalue weighted by atomic mass is 9.91. The van der Waals surface area contributed by atoms with Crippen LogP contribution in [0.3, 0.4) is 0 Å². The maximum Gasteiger partial charge on any atom is 0.254 e. The Bertz CT molecular complexity index is 1060. The SMILES string of the molecule is CC(C)Nc1cc(-c2cnn3cccnc23)ncc1C(=O)NCCC1(O)CCOCC1. The molecule has 1 amide bonds. The molecule has 0 unspecified atom stereocenters. The van der Waals surface area contributed by atoms with Gasteiger partial charge in [0.1, 0.15) is 0 Å². The lowest BCUT2D eigenvalue weighted by molar-refractivity contribution is -0.0670. The fraction of sp³-hybridized carbons (Fsp3) is 0.455. The first kappa shape index (κ1) is 21.2. The molecule has 1 aliphatic rings. The van der Waals surface area contributed by atoms with Gasteiger partial charge in [-0.2, -0.15) is 5.10 Å². The summed E-state index contributed by atoms with van der Waals surface area (Å²) < 4.78 is 7.00. The molecule has 4 heterocycles. The van der Waals surface area contributed by atoms with Crippen LogP contribution in [0.2, 0.25) is 0 Å². The Hall–Kier alpha value is -3.04. The van der Waals surface area contributed by atoms with Gasteiger partial charge in [-0.25, -0.2) is 9.50 Å². The van der Waals surface area contributed by atoms with Crippen molar-refractivity contribution in [2.75, 3.05) is 25.1 Å². The molecule has 1 aliphatic heterocycles. The first-order valence-electron chi connectivity index (χ1n) is 10.6. The summed E-state index contributed by atoms with van der Waals surface area (Å²) in [4.78, 5) is 21.8. The van der Waals surface area contributed by atoms with Crippen molar-refractivity contribution >= 4 is 17.2 Å². The molecular weight excluding hydrogens is 396 g/mol. The van der Waals surface area contributed by atoms with Crippen LogP contribution in [0.15, 0.2) is 36.9 Å². The molecule has 9 heteroatoms. The number of anilines is 1. The molecular formula is C22H28N6O3. The number of hydrogen-bond acceptors (Lipinski definition) is 7. The van der Waals surface area contributed by atoms with Crippen LogP contribution in [-0.2, 0) is 4.74 Å². The average molecular weight is 425 g/mol. The minimum Gasteiger partial charge on any atom is -0.390 e. The second kappa shape index (κ2) is 8.99. The van der Waals surface area contributed by atoms with Crippen molar-refractivity contribution in [3.63, 3.8) is 0 Å². The molecule has 3 aromatic heterocycles. The van der Waals surface area contributed by atoms with E-state index in [1.165, 1.54) is 0 Å². The third-order valence-corrected chi connectivity index (χ3v) is 5.45. The summed E-state index contributed by atoms with van der Waals surface area (Å²) in [6.45, 7) is 5.52. The summed E-state index contributed by atoms with van der Waals surface area (Å²) in [6.07, 6.45) is 8.51. The molecule has 1 saturated heterocycles. The number of nitrogens with zero attached hydrogens (tertiary/aromatic N) is 4. The lowest BCUT2D eigenvalue weighted by Crippen LogP contribution is -2.39. The number of carbonyl (C=O) groups is 1. The van der Waals surface area contributed by atoms with E-state index in [-0.39, 0.29) is 11.9 Å². The zero-order chi connectivity index (χ0) is 21.8. The number of aliphatic hydroxyl groups is 1. The molecule has 0 bridgehead atoms. The monoisotopic (exact) mass is 424 g/mol. The van der Waals surface area contributed by atoms with Gasteiger partial charge in [0.25, 0.3) is 5.91 Å². The van der Waals surface area contributed by atoms with E-state index in [0.717, 1.165) is 5.56 Å². The summed E-state index contributed by atoms with van der Waals surface area (Å²) in [5.41, 5.74) is 2.56. The van der Waals surface area contributed by atoms with E-state index in [2.05, 4.69) is 25.7 Å². The molecule has 0 radical (unpaired) electrons. The summed E-state index contributed by atoms with van der Waals surface area (Å²) in [7, 11) is 0. The van der Waals surface area contributed by atoms with Gasteiger partial charge in [-0.3, -0.25) is 9.78 Å². The van der Waals surface area contributed by atoms with Crippen molar-refractivity contribution < 1.29 is 14.6 Å². The van der Waals surface area contributed by atoms with Crippen molar-refractivity contribution in [2.45, 2.75) is 44.8 Å².